The fourth-order valence-electron chi connectivity index (χ4n) is 2.59. The summed E-state index contributed by atoms with van der Waals surface area (Å²) in [6.45, 7) is 4.51. The van der Waals surface area contributed by atoms with Crippen LogP contribution in [0.5, 0.6) is 5.75 Å². The molecular weight excluding hydrogens is 357 g/mol. The van der Waals surface area contributed by atoms with Gasteiger partial charge in [0.15, 0.2) is 24.0 Å². The minimum Gasteiger partial charge on any atom is -0.494 e. The number of ether oxygens (including phenoxy) is 3. The fourth-order valence-corrected chi connectivity index (χ4v) is 2.59. The lowest BCUT2D eigenvalue weighted by Crippen LogP contribution is -2.15. The van der Waals surface area contributed by atoms with Gasteiger partial charge in [0.1, 0.15) is 5.69 Å². The smallest absolute Gasteiger partial charge is 0.355 e. The number of esters is 2. The molecule has 1 N–H and O–H groups in total. The molecular formula is C19H20FNO6. The molecule has 0 saturated carbocycles. The molecule has 0 fully saturated rings. The van der Waals surface area contributed by atoms with Crippen LogP contribution < -0.4 is 4.74 Å². The van der Waals surface area contributed by atoms with Crippen molar-refractivity contribution in [3.63, 3.8) is 0 Å². The Labute approximate surface area is 155 Å². The molecule has 144 valence electrons. The zero-order valence-electron chi connectivity index (χ0n) is 15.5. The summed E-state index contributed by atoms with van der Waals surface area (Å²) < 4.78 is 28.4. The summed E-state index contributed by atoms with van der Waals surface area (Å²) in [5.74, 6) is -2.60. The van der Waals surface area contributed by atoms with Crippen molar-refractivity contribution in [3.8, 4) is 5.75 Å². The lowest BCUT2D eigenvalue weighted by atomic mass is 10.1. The highest BCUT2D eigenvalue weighted by atomic mass is 19.1. The van der Waals surface area contributed by atoms with Crippen LogP contribution in [-0.4, -0.2) is 43.0 Å². The number of aromatic nitrogens is 1. The SMILES string of the molecule is CCOC(=O)c1c(C)[nH]c(C(=O)OCC(=O)c2ccc(OC)c(F)c2)c1C. The van der Waals surface area contributed by atoms with Crippen molar-refractivity contribution in [3.05, 3.63) is 52.1 Å². The number of benzene rings is 1. The highest BCUT2D eigenvalue weighted by Gasteiger charge is 2.24. The Morgan fingerprint density at radius 2 is 1.81 bits per heavy atom. The van der Waals surface area contributed by atoms with Gasteiger partial charge in [0.05, 0.1) is 19.3 Å². The first kappa shape index (κ1) is 20.2. The molecule has 0 radical (unpaired) electrons. The Bertz CT molecular complexity index is 887. The molecule has 2 aromatic rings. The van der Waals surface area contributed by atoms with E-state index in [4.69, 9.17) is 14.2 Å². The van der Waals surface area contributed by atoms with Crippen LogP contribution in [0.3, 0.4) is 0 Å². The predicted molar refractivity (Wildman–Crippen MR) is 93.8 cm³/mol. The van der Waals surface area contributed by atoms with Gasteiger partial charge in [-0.2, -0.15) is 0 Å². The van der Waals surface area contributed by atoms with Crippen LogP contribution in [0.2, 0.25) is 0 Å². The van der Waals surface area contributed by atoms with Crippen LogP contribution >= 0.6 is 0 Å². The summed E-state index contributed by atoms with van der Waals surface area (Å²) in [6.07, 6.45) is 0. The number of Topliss-reactive ketones (excluding diaryl/α,β-unsaturated/α-hetero) is 1. The van der Waals surface area contributed by atoms with E-state index in [1.165, 1.54) is 19.2 Å². The van der Waals surface area contributed by atoms with Gasteiger partial charge in [0, 0.05) is 11.3 Å². The Morgan fingerprint density at radius 1 is 1.11 bits per heavy atom. The van der Waals surface area contributed by atoms with E-state index in [0.29, 0.717) is 11.3 Å². The van der Waals surface area contributed by atoms with Gasteiger partial charge in [-0.05, 0) is 44.5 Å². The van der Waals surface area contributed by atoms with E-state index in [9.17, 15) is 18.8 Å². The van der Waals surface area contributed by atoms with Gasteiger partial charge in [0.25, 0.3) is 0 Å². The van der Waals surface area contributed by atoms with Crippen LogP contribution in [0.25, 0.3) is 0 Å². The molecule has 0 aliphatic carbocycles. The third-order valence-electron chi connectivity index (χ3n) is 3.93. The Kier molecular flexibility index (Phi) is 6.33. The van der Waals surface area contributed by atoms with Gasteiger partial charge >= 0.3 is 11.9 Å². The van der Waals surface area contributed by atoms with Gasteiger partial charge in [-0.15, -0.1) is 0 Å². The van der Waals surface area contributed by atoms with E-state index in [1.54, 1.807) is 20.8 Å². The maximum absolute atomic E-state index is 13.7. The first-order valence-electron chi connectivity index (χ1n) is 8.20. The number of hydrogen-bond donors (Lipinski definition) is 1. The largest absolute Gasteiger partial charge is 0.494 e. The van der Waals surface area contributed by atoms with E-state index >= 15 is 0 Å². The zero-order valence-corrected chi connectivity index (χ0v) is 15.5. The number of aromatic amines is 1. The maximum atomic E-state index is 13.7. The van der Waals surface area contributed by atoms with Crippen molar-refractivity contribution in [2.24, 2.45) is 0 Å². The van der Waals surface area contributed by atoms with E-state index < -0.39 is 30.1 Å². The number of ketones is 1. The second-order valence-corrected chi connectivity index (χ2v) is 5.69. The second-order valence-electron chi connectivity index (χ2n) is 5.69. The molecule has 8 heteroatoms. The molecule has 0 spiro atoms. The summed E-state index contributed by atoms with van der Waals surface area (Å²) in [7, 11) is 1.31. The Hall–Kier alpha value is -3.16. The molecule has 27 heavy (non-hydrogen) atoms. The molecule has 7 nitrogen and oxygen atoms in total. The normalized spacial score (nSPS) is 10.4. The predicted octanol–water partition coefficient (Wildman–Crippen LogP) is 3.00. The van der Waals surface area contributed by atoms with Crippen LogP contribution in [-0.2, 0) is 9.47 Å². The van der Waals surface area contributed by atoms with Crippen LogP contribution in [0.1, 0.15) is 49.4 Å². The van der Waals surface area contributed by atoms with Crippen molar-refractivity contribution in [1.82, 2.24) is 4.98 Å². The molecule has 0 bridgehead atoms. The number of carbonyl (C=O) groups is 3. The molecule has 1 heterocycles. The molecule has 0 aliphatic rings. The number of rotatable bonds is 7. The van der Waals surface area contributed by atoms with Crippen molar-refractivity contribution in [2.75, 3.05) is 20.3 Å². The molecule has 2 rings (SSSR count). The summed E-state index contributed by atoms with van der Waals surface area (Å²) in [6, 6.07) is 3.70. The number of H-pyrrole nitrogens is 1. The number of aryl methyl sites for hydroxylation is 1. The standard InChI is InChI=1S/C19H20FNO6/c1-5-26-18(23)16-10(2)17(21-11(16)3)19(24)27-9-14(22)12-6-7-15(25-4)13(20)8-12/h6-8,21H,5,9H2,1-4H3. The molecule has 0 amide bonds. The Balaban J connectivity index is 2.10. The molecule has 0 atom stereocenters. The fraction of sp³-hybridized carbons (Fsp3) is 0.316. The number of hydrogen-bond acceptors (Lipinski definition) is 6. The number of carbonyl (C=O) groups excluding carboxylic acids is 3. The number of nitrogens with one attached hydrogen (secondary N) is 1. The van der Waals surface area contributed by atoms with E-state index in [1.807, 2.05) is 0 Å². The van der Waals surface area contributed by atoms with Gasteiger partial charge in [-0.3, -0.25) is 4.79 Å². The van der Waals surface area contributed by atoms with E-state index in [-0.39, 0.29) is 29.2 Å². The third-order valence-corrected chi connectivity index (χ3v) is 3.93. The first-order chi connectivity index (χ1) is 12.8. The number of methoxy groups -OCH3 is 1. The van der Waals surface area contributed by atoms with E-state index in [2.05, 4.69) is 4.98 Å². The average Bonchev–Trinajstić information content (AvgIpc) is 2.93. The first-order valence-corrected chi connectivity index (χ1v) is 8.20. The van der Waals surface area contributed by atoms with Crippen LogP contribution in [0.4, 0.5) is 4.39 Å². The maximum Gasteiger partial charge on any atom is 0.355 e. The molecule has 0 unspecified atom stereocenters. The zero-order chi connectivity index (χ0) is 20.1. The highest BCUT2D eigenvalue weighted by molar-refractivity contribution is 6.01. The van der Waals surface area contributed by atoms with Crippen LogP contribution in [0.15, 0.2) is 18.2 Å². The minimum absolute atomic E-state index is 0.00697. The van der Waals surface area contributed by atoms with Crippen molar-refractivity contribution < 1.29 is 33.0 Å². The molecule has 1 aromatic heterocycles. The van der Waals surface area contributed by atoms with Crippen molar-refractivity contribution >= 4 is 17.7 Å². The Morgan fingerprint density at radius 3 is 2.41 bits per heavy atom. The monoisotopic (exact) mass is 377 g/mol. The van der Waals surface area contributed by atoms with Crippen LogP contribution in [0, 0.1) is 19.7 Å². The van der Waals surface area contributed by atoms with Gasteiger partial charge in [-0.25, -0.2) is 14.0 Å². The summed E-state index contributed by atoms with van der Waals surface area (Å²) >= 11 is 0. The highest BCUT2D eigenvalue weighted by Crippen LogP contribution is 2.21. The molecule has 1 aromatic carbocycles. The van der Waals surface area contributed by atoms with E-state index in [0.717, 1.165) is 6.07 Å². The summed E-state index contributed by atoms with van der Waals surface area (Å²) in [4.78, 5) is 39.1. The third kappa shape index (κ3) is 4.33. The molecule has 0 aliphatic heterocycles. The lowest BCUT2D eigenvalue weighted by molar-refractivity contribution is 0.0468. The summed E-state index contributed by atoms with van der Waals surface area (Å²) in [5, 5.41) is 0. The van der Waals surface area contributed by atoms with Gasteiger partial charge in [-0.1, -0.05) is 0 Å². The second kappa shape index (κ2) is 8.48. The quantitative estimate of drug-likeness (QED) is 0.589. The molecule has 0 saturated heterocycles. The van der Waals surface area contributed by atoms with Crippen molar-refractivity contribution in [1.29, 1.82) is 0 Å². The number of halogens is 1. The minimum atomic E-state index is -0.798. The summed E-state index contributed by atoms with van der Waals surface area (Å²) in [5.41, 5.74) is 1.20. The average molecular weight is 377 g/mol. The van der Waals surface area contributed by atoms with Crippen molar-refractivity contribution in [2.45, 2.75) is 20.8 Å². The van der Waals surface area contributed by atoms with Gasteiger partial charge in [0.2, 0.25) is 0 Å². The topological polar surface area (TPSA) is 94.7 Å². The van der Waals surface area contributed by atoms with Gasteiger partial charge < -0.3 is 19.2 Å². The lowest BCUT2D eigenvalue weighted by Gasteiger charge is -2.06.